The van der Waals surface area contributed by atoms with Crippen LogP contribution < -0.4 is 5.32 Å². The second kappa shape index (κ2) is 8.26. The largest absolute Gasteiger partial charge is 0.351 e. The molecule has 1 aliphatic rings. The van der Waals surface area contributed by atoms with Gasteiger partial charge in [0, 0.05) is 23.9 Å². The van der Waals surface area contributed by atoms with Crippen molar-refractivity contribution in [2.45, 2.75) is 31.2 Å². The molecule has 0 bridgehead atoms. The molecule has 0 atom stereocenters. The van der Waals surface area contributed by atoms with Crippen LogP contribution in [0.3, 0.4) is 0 Å². The molecule has 152 valence electrons. The maximum atomic E-state index is 13.1. The molecule has 1 fully saturated rings. The summed E-state index contributed by atoms with van der Waals surface area (Å²) in [6.45, 7) is 3.31. The molecule has 1 saturated heterocycles. The molecule has 1 aromatic heterocycles. The molecule has 0 saturated carbocycles. The van der Waals surface area contributed by atoms with Crippen LogP contribution in [-0.4, -0.2) is 31.7 Å². The number of thiophene rings is 1. The lowest BCUT2D eigenvalue weighted by Crippen LogP contribution is -2.42. The number of rotatable bonds is 5. The van der Waals surface area contributed by atoms with E-state index in [0.717, 1.165) is 15.6 Å². The summed E-state index contributed by atoms with van der Waals surface area (Å²) in [5.74, 6) is -0.126. The van der Waals surface area contributed by atoms with E-state index in [1.165, 1.54) is 9.87 Å². The topological polar surface area (TPSA) is 66.5 Å². The maximum Gasteiger partial charge on any atom is 0.243 e. The fraction of sp³-hybridized carbons (Fsp3) is 0.318. The molecule has 1 amide bonds. The Bertz CT molecular complexity index is 1130. The number of fused-ring (bicyclic) bond motifs is 1. The van der Waals surface area contributed by atoms with Crippen LogP contribution in [0.4, 0.5) is 0 Å². The maximum absolute atomic E-state index is 13.1. The minimum atomic E-state index is -3.55. The highest BCUT2D eigenvalue weighted by atomic mass is 32.2. The number of sulfonamides is 1. The number of carbonyl (C=O) groups is 1. The number of nitrogens with one attached hydrogen (secondary N) is 1. The molecule has 1 aliphatic heterocycles. The van der Waals surface area contributed by atoms with Gasteiger partial charge < -0.3 is 5.32 Å². The second-order valence-corrected chi connectivity index (χ2v) is 10.4. The van der Waals surface area contributed by atoms with Gasteiger partial charge in [0.25, 0.3) is 0 Å². The summed E-state index contributed by atoms with van der Waals surface area (Å²) in [5, 5.41) is 6.95. The smallest absolute Gasteiger partial charge is 0.243 e. The number of hydrogen-bond donors (Lipinski definition) is 1. The zero-order valence-corrected chi connectivity index (χ0v) is 17.9. The van der Waals surface area contributed by atoms with Crippen molar-refractivity contribution in [3.63, 3.8) is 0 Å². The lowest BCUT2D eigenvalue weighted by atomic mass is 9.97. The Morgan fingerprint density at radius 1 is 1.10 bits per heavy atom. The minimum absolute atomic E-state index is 0.0144. The summed E-state index contributed by atoms with van der Waals surface area (Å²) in [6, 6.07) is 15.0. The zero-order valence-electron chi connectivity index (χ0n) is 16.3. The summed E-state index contributed by atoms with van der Waals surface area (Å²) in [7, 11) is -3.55. The molecule has 1 N–H and O–H groups in total. The third kappa shape index (κ3) is 4.22. The number of nitrogens with zero attached hydrogens (tertiary/aromatic N) is 1. The standard InChI is InChI=1S/C22H24N2O3S2/c1-16-10-13-28-21(16)15-23-22(25)18-8-11-24(12-9-18)29(26,27)20-7-6-17-4-2-3-5-19(17)14-20/h2-7,10,13-14,18H,8-9,11-12,15H2,1H3,(H,23,25). The highest BCUT2D eigenvalue weighted by Crippen LogP contribution is 2.26. The van der Waals surface area contributed by atoms with E-state index in [4.69, 9.17) is 0 Å². The van der Waals surface area contributed by atoms with E-state index >= 15 is 0 Å². The fourth-order valence-corrected chi connectivity index (χ4v) is 6.08. The molecule has 2 heterocycles. The van der Waals surface area contributed by atoms with Crippen LogP contribution in [0.15, 0.2) is 58.8 Å². The third-order valence-electron chi connectivity index (χ3n) is 5.57. The van der Waals surface area contributed by atoms with E-state index in [-0.39, 0.29) is 11.8 Å². The zero-order chi connectivity index (χ0) is 20.4. The summed E-state index contributed by atoms with van der Waals surface area (Å²) in [6.07, 6.45) is 1.09. The van der Waals surface area contributed by atoms with Gasteiger partial charge in [0.2, 0.25) is 15.9 Å². The fourth-order valence-electron chi connectivity index (χ4n) is 3.73. The molecule has 7 heteroatoms. The van der Waals surface area contributed by atoms with Crippen LogP contribution in [-0.2, 0) is 21.4 Å². The predicted octanol–water partition coefficient (Wildman–Crippen LogP) is 3.93. The average molecular weight is 429 g/mol. The number of piperidine rings is 1. The van der Waals surface area contributed by atoms with Crippen molar-refractivity contribution in [3.8, 4) is 0 Å². The number of aryl methyl sites for hydroxylation is 1. The molecule has 2 aromatic carbocycles. The first kappa shape index (κ1) is 20.1. The SMILES string of the molecule is Cc1ccsc1CNC(=O)C1CCN(S(=O)(=O)c2ccc3ccccc3c2)CC1. The van der Waals surface area contributed by atoms with E-state index in [0.29, 0.717) is 37.4 Å². The molecule has 0 unspecified atom stereocenters. The van der Waals surface area contributed by atoms with Crippen LogP contribution in [0.1, 0.15) is 23.3 Å². The predicted molar refractivity (Wildman–Crippen MR) is 116 cm³/mol. The van der Waals surface area contributed by atoms with E-state index in [1.54, 1.807) is 23.5 Å². The van der Waals surface area contributed by atoms with Crippen molar-refractivity contribution in [1.82, 2.24) is 9.62 Å². The summed E-state index contributed by atoms with van der Waals surface area (Å²) < 4.78 is 27.6. The Hall–Kier alpha value is -2.22. The summed E-state index contributed by atoms with van der Waals surface area (Å²) in [4.78, 5) is 14.0. The van der Waals surface area contributed by atoms with Gasteiger partial charge in [0.15, 0.2) is 0 Å². The van der Waals surface area contributed by atoms with Crippen LogP contribution in [0.5, 0.6) is 0 Å². The van der Waals surface area contributed by atoms with Gasteiger partial charge in [-0.15, -0.1) is 11.3 Å². The monoisotopic (exact) mass is 428 g/mol. The van der Waals surface area contributed by atoms with Crippen molar-refractivity contribution < 1.29 is 13.2 Å². The second-order valence-electron chi connectivity index (χ2n) is 7.43. The summed E-state index contributed by atoms with van der Waals surface area (Å²) >= 11 is 1.64. The van der Waals surface area contributed by atoms with Crippen molar-refractivity contribution in [1.29, 1.82) is 0 Å². The first-order chi connectivity index (χ1) is 13.9. The minimum Gasteiger partial charge on any atom is -0.351 e. The van der Waals surface area contributed by atoms with Crippen LogP contribution in [0, 0.1) is 12.8 Å². The normalized spacial score (nSPS) is 16.2. The first-order valence-electron chi connectivity index (χ1n) is 9.75. The molecule has 5 nitrogen and oxygen atoms in total. The van der Waals surface area contributed by atoms with Gasteiger partial charge in [-0.25, -0.2) is 8.42 Å². The molecular formula is C22H24N2O3S2. The Morgan fingerprint density at radius 2 is 1.83 bits per heavy atom. The van der Waals surface area contributed by atoms with Gasteiger partial charge in [-0.1, -0.05) is 30.3 Å². The third-order valence-corrected chi connectivity index (χ3v) is 8.49. The van der Waals surface area contributed by atoms with Crippen molar-refractivity contribution >= 4 is 38.0 Å². The van der Waals surface area contributed by atoms with Gasteiger partial charge in [0.05, 0.1) is 11.4 Å². The van der Waals surface area contributed by atoms with Crippen molar-refractivity contribution in [2.75, 3.05) is 13.1 Å². The molecule has 29 heavy (non-hydrogen) atoms. The quantitative estimate of drug-likeness (QED) is 0.670. The van der Waals surface area contributed by atoms with Gasteiger partial charge in [-0.05, 0) is 59.7 Å². The first-order valence-corrected chi connectivity index (χ1v) is 12.1. The van der Waals surface area contributed by atoms with E-state index in [2.05, 4.69) is 5.32 Å². The van der Waals surface area contributed by atoms with E-state index in [9.17, 15) is 13.2 Å². The molecule has 4 rings (SSSR count). The van der Waals surface area contributed by atoms with E-state index in [1.807, 2.05) is 48.7 Å². The number of amides is 1. The lowest BCUT2D eigenvalue weighted by molar-refractivity contribution is -0.126. The van der Waals surface area contributed by atoms with Crippen LogP contribution in [0.25, 0.3) is 10.8 Å². The van der Waals surface area contributed by atoms with Crippen molar-refractivity contribution in [2.24, 2.45) is 5.92 Å². The van der Waals surface area contributed by atoms with Crippen molar-refractivity contribution in [3.05, 3.63) is 64.4 Å². The number of carbonyl (C=O) groups excluding carboxylic acids is 1. The molecule has 0 spiro atoms. The number of benzene rings is 2. The Kier molecular flexibility index (Phi) is 5.72. The van der Waals surface area contributed by atoms with Gasteiger partial charge >= 0.3 is 0 Å². The lowest BCUT2D eigenvalue weighted by Gasteiger charge is -2.30. The van der Waals surface area contributed by atoms with Gasteiger partial charge in [0.1, 0.15) is 0 Å². The number of hydrogen-bond acceptors (Lipinski definition) is 4. The molecule has 0 radical (unpaired) electrons. The highest BCUT2D eigenvalue weighted by Gasteiger charge is 2.32. The van der Waals surface area contributed by atoms with Crippen LogP contribution >= 0.6 is 11.3 Å². The highest BCUT2D eigenvalue weighted by molar-refractivity contribution is 7.89. The Morgan fingerprint density at radius 3 is 2.52 bits per heavy atom. The van der Waals surface area contributed by atoms with Gasteiger partial charge in [-0.2, -0.15) is 4.31 Å². The average Bonchev–Trinajstić information content (AvgIpc) is 3.16. The van der Waals surface area contributed by atoms with Gasteiger partial charge in [-0.3, -0.25) is 4.79 Å². The molecule has 3 aromatic rings. The van der Waals surface area contributed by atoms with E-state index < -0.39 is 10.0 Å². The Balaban J connectivity index is 1.39. The molecule has 0 aliphatic carbocycles. The van der Waals surface area contributed by atoms with Crippen LogP contribution in [0.2, 0.25) is 0 Å². The molecular weight excluding hydrogens is 404 g/mol. The summed E-state index contributed by atoms with van der Waals surface area (Å²) in [5.41, 5.74) is 1.19. The Labute approximate surface area is 175 Å².